The molecule has 0 saturated carbocycles. The van der Waals surface area contributed by atoms with Gasteiger partial charge in [0.15, 0.2) is 0 Å². The Morgan fingerprint density at radius 1 is 1.00 bits per heavy atom. The van der Waals surface area contributed by atoms with Crippen LogP contribution in [0.15, 0.2) is 59.5 Å². The van der Waals surface area contributed by atoms with Crippen molar-refractivity contribution in [2.45, 2.75) is 30.4 Å². The second-order valence-corrected chi connectivity index (χ2v) is 8.67. The van der Waals surface area contributed by atoms with Crippen molar-refractivity contribution >= 4 is 29.7 Å². The zero-order valence-corrected chi connectivity index (χ0v) is 17.1. The summed E-state index contributed by atoms with van der Waals surface area (Å²) in [5.74, 6) is 1.83. The number of piperidine rings is 3. The third kappa shape index (κ3) is 3.97. The number of nitrogens with zero attached hydrogens (tertiary/aromatic N) is 1. The monoisotopic (exact) mass is 399 g/mol. The summed E-state index contributed by atoms with van der Waals surface area (Å²) < 4.78 is 6.28. The van der Waals surface area contributed by atoms with E-state index >= 15 is 0 Å². The molecule has 1 atom stereocenters. The molecule has 3 saturated heterocycles. The molecule has 0 aliphatic carbocycles. The summed E-state index contributed by atoms with van der Waals surface area (Å²) in [7, 11) is 0. The molecule has 0 aromatic heterocycles. The molecule has 1 unspecified atom stereocenters. The van der Waals surface area contributed by atoms with Crippen molar-refractivity contribution in [1.29, 1.82) is 0 Å². The van der Waals surface area contributed by atoms with E-state index in [0.717, 1.165) is 24.8 Å². The second-order valence-electron chi connectivity index (χ2n) is 7.61. The predicted molar refractivity (Wildman–Crippen MR) is 116 cm³/mol. The van der Waals surface area contributed by atoms with Gasteiger partial charge in [-0.1, -0.05) is 48.5 Å². The fourth-order valence-corrected chi connectivity index (χ4v) is 5.43. The topological polar surface area (TPSA) is 12.5 Å². The van der Waals surface area contributed by atoms with E-state index in [4.69, 9.17) is 4.74 Å². The average molecular weight is 400 g/mol. The maximum absolute atomic E-state index is 6.28. The highest BCUT2D eigenvalue weighted by molar-refractivity contribution is 7.99. The lowest BCUT2D eigenvalue weighted by Crippen LogP contribution is -2.51. The second kappa shape index (κ2) is 8.40. The molecule has 4 aliphatic rings. The molecular formula is C23H26ClNOS. The Bertz CT molecular complexity index is 811. The fraction of sp³-hybridized carbons (Fsp3) is 0.391. The minimum Gasteiger partial charge on any atom is -0.372 e. The van der Waals surface area contributed by atoms with Gasteiger partial charge in [0.2, 0.25) is 0 Å². The van der Waals surface area contributed by atoms with Crippen LogP contribution in [0.4, 0.5) is 0 Å². The van der Waals surface area contributed by atoms with Gasteiger partial charge in [0.25, 0.3) is 0 Å². The molecule has 27 heavy (non-hydrogen) atoms. The lowest BCUT2D eigenvalue weighted by molar-refractivity contribution is -0.0765. The van der Waals surface area contributed by atoms with Gasteiger partial charge in [0, 0.05) is 17.2 Å². The summed E-state index contributed by atoms with van der Waals surface area (Å²) >= 11 is 1.92. The molecular weight excluding hydrogens is 374 g/mol. The van der Waals surface area contributed by atoms with Crippen LogP contribution < -0.4 is 0 Å². The molecule has 2 aromatic carbocycles. The Balaban J connectivity index is 0.00000180. The molecule has 0 amide bonds. The van der Waals surface area contributed by atoms with E-state index in [0.29, 0.717) is 6.10 Å². The number of halogens is 1. The molecule has 3 fully saturated rings. The van der Waals surface area contributed by atoms with Gasteiger partial charge in [-0.05, 0) is 60.2 Å². The zero-order chi connectivity index (χ0) is 17.3. The summed E-state index contributed by atoms with van der Waals surface area (Å²) in [5, 5.41) is 0. The number of ether oxygens (including phenoxy) is 1. The Morgan fingerprint density at radius 3 is 2.52 bits per heavy atom. The molecule has 142 valence electrons. The minimum atomic E-state index is 0. The Hall–Kier alpha value is -1.26. The van der Waals surface area contributed by atoms with E-state index < -0.39 is 0 Å². The van der Waals surface area contributed by atoms with E-state index in [1.807, 2.05) is 11.8 Å². The van der Waals surface area contributed by atoms with Crippen LogP contribution in [0.3, 0.4) is 0 Å². The van der Waals surface area contributed by atoms with Gasteiger partial charge >= 0.3 is 0 Å². The van der Waals surface area contributed by atoms with Crippen LogP contribution in [0.25, 0.3) is 5.57 Å². The van der Waals surface area contributed by atoms with Crippen LogP contribution in [0.2, 0.25) is 0 Å². The highest BCUT2D eigenvalue weighted by Gasteiger charge is 2.34. The smallest absolute Gasteiger partial charge is 0.0735 e. The highest BCUT2D eigenvalue weighted by atomic mass is 35.5. The molecule has 2 aromatic rings. The van der Waals surface area contributed by atoms with Gasteiger partial charge in [-0.2, -0.15) is 0 Å². The third-order valence-corrected chi connectivity index (χ3v) is 7.03. The first-order valence-electron chi connectivity index (χ1n) is 9.72. The van der Waals surface area contributed by atoms with E-state index in [9.17, 15) is 0 Å². The maximum Gasteiger partial charge on any atom is 0.0735 e. The summed E-state index contributed by atoms with van der Waals surface area (Å²) in [6.45, 7) is 4.41. The maximum atomic E-state index is 6.28. The molecule has 0 N–H and O–H groups in total. The SMILES string of the molecule is C1=C(c2ccc(COC3CN4CCC3CC4)cc2)c2ccccc2SC1.Cl. The van der Waals surface area contributed by atoms with Crippen molar-refractivity contribution in [2.24, 2.45) is 5.92 Å². The van der Waals surface area contributed by atoms with Crippen molar-refractivity contribution in [2.75, 3.05) is 25.4 Å². The zero-order valence-electron chi connectivity index (χ0n) is 15.5. The summed E-state index contributed by atoms with van der Waals surface area (Å²) in [4.78, 5) is 3.94. The van der Waals surface area contributed by atoms with Crippen LogP contribution in [0, 0.1) is 5.92 Å². The molecule has 4 heteroatoms. The summed E-state index contributed by atoms with van der Waals surface area (Å²) in [6, 6.07) is 17.7. The molecule has 2 nitrogen and oxygen atoms in total. The largest absolute Gasteiger partial charge is 0.372 e. The Morgan fingerprint density at radius 2 is 1.78 bits per heavy atom. The molecule has 0 radical (unpaired) electrons. The number of fused-ring (bicyclic) bond motifs is 4. The Labute approximate surface area is 172 Å². The number of thioether (sulfide) groups is 1. The van der Waals surface area contributed by atoms with Crippen LogP contribution >= 0.6 is 24.2 Å². The van der Waals surface area contributed by atoms with Gasteiger partial charge in [-0.25, -0.2) is 0 Å². The fourth-order valence-electron chi connectivity index (χ4n) is 4.50. The van der Waals surface area contributed by atoms with E-state index in [2.05, 4.69) is 59.5 Å². The number of hydrogen-bond acceptors (Lipinski definition) is 3. The molecule has 6 rings (SSSR count). The lowest BCUT2D eigenvalue weighted by Gasteiger charge is -2.44. The van der Waals surface area contributed by atoms with Gasteiger partial charge < -0.3 is 9.64 Å². The normalized spacial score (nSPS) is 26.1. The molecule has 4 heterocycles. The van der Waals surface area contributed by atoms with Crippen LogP contribution in [0.1, 0.15) is 29.5 Å². The highest BCUT2D eigenvalue weighted by Crippen LogP contribution is 2.37. The first-order chi connectivity index (χ1) is 12.9. The van der Waals surface area contributed by atoms with Gasteiger partial charge in [0.05, 0.1) is 12.7 Å². The standard InChI is InChI=1S/C23H25NOS.ClH/c1-2-4-23-21(3-1)20(11-14-26-23)18-7-5-17(6-8-18)16-25-22-15-24-12-9-19(22)10-13-24;/h1-8,11,19,22H,9-10,12-16H2;1H. The van der Waals surface area contributed by atoms with Gasteiger partial charge in [-0.3, -0.25) is 0 Å². The first-order valence-corrected chi connectivity index (χ1v) is 10.7. The number of hydrogen-bond donors (Lipinski definition) is 0. The van der Waals surface area contributed by atoms with Crippen LogP contribution in [-0.2, 0) is 11.3 Å². The number of benzene rings is 2. The summed E-state index contributed by atoms with van der Waals surface area (Å²) in [5.41, 5.74) is 5.32. The van der Waals surface area contributed by atoms with Gasteiger partial charge in [-0.15, -0.1) is 24.2 Å². The van der Waals surface area contributed by atoms with Crippen molar-refractivity contribution in [3.05, 3.63) is 71.3 Å². The molecule has 0 spiro atoms. The van der Waals surface area contributed by atoms with E-state index in [1.54, 1.807) is 0 Å². The third-order valence-electron chi connectivity index (χ3n) is 6.03. The van der Waals surface area contributed by atoms with Crippen molar-refractivity contribution < 1.29 is 4.74 Å². The van der Waals surface area contributed by atoms with Crippen molar-refractivity contribution in [3.8, 4) is 0 Å². The average Bonchev–Trinajstić information content (AvgIpc) is 2.73. The van der Waals surface area contributed by atoms with Crippen molar-refractivity contribution in [3.63, 3.8) is 0 Å². The van der Waals surface area contributed by atoms with Crippen molar-refractivity contribution in [1.82, 2.24) is 4.90 Å². The number of rotatable bonds is 4. The molecule has 4 aliphatic heterocycles. The molecule has 2 bridgehead atoms. The minimum absolute atomic E-state index is 0. The van der Waals surface area contributed by atoms with Crippen LogP contribution in [-0.4, -0.2) is 36.4 Å². The quantitative estimate of drug-likeness (QED) is 0.696. The van der Waals surface area contributed by atoms with Crippen LogP contribution in [0.5, 0.6) is 0 Å². The predicted octanol–water partition coefficient (Wildman–Crippen LogP) is 5.26. The van der Waals surface area contributed by atoms with E-state index in [1.165, 1.54) is 53.1 Å². The lowest BCUT2D eigenvalue weighted by atomic mass is 9.86. The van der Waals surface area contributed by atoms with Gasteiger partial charge in [0.1, 0.15) is 0 Å². The van der Waals surface area contributed by atoms with E-state index in [-0.39, 0.29) is 12.4 Å². The summed E-state index contributed by atoms with van der Waals surface area (Å²) in [6.07, 6.45) is 5.41. The first kappa shape index (κ1) is 19.1. The Kier molecular flexibility index (Phi) is 5.93.